The van der Waals surface area contributed by atoms with Crippen molar-refractivity contribution in [2.45, 2.75) is 38.7 Å². The summed E-state index contributed by atoms with van der Waals surface area (Å²) in [6.07, 6.45) is 8.56. The first kappa shape index (κ1) is 14.8. The molecule has 1 saturated carbocycles. The number of oxime groups is 1. The van der Waals surface area contributed by atoms with E-state index in [1.165, 1.54) is 43.2 Å². The molecule has 2 aromatic rings. The highest BCUT2D eigenvalue weighted by molar-refractivity contribution is 5.63. The minimum absolute atomic E-state index is 0.540. The average Bonchev–Trinajstić information content (AvgIpc) is 2.61. The molecule has 2 heteroatoms. The standard InChI is InChI=1S/C20H23NO/c1-3-7-17(8-4-1)15-21-22-16-18-11-13-20(14-12-18)19-9-5-2-6-10-19/h2,5-6,9-15,17H,1,3-4,7-8,16H2. The van der Waals surface area contributed by atoms with Crippen molar-refractivity contribution in [3.8, 4) is 11.1 Å². The van der Waals surface area contributed by atoms with Crippen molar-refractivity contribution in [2.75, 3.05) is 0 Å². The van der Waals surface area contributed by atoms with Crippen molar-refractivity contribution in [1.82, 2.24) is 0 Å². The lowest BCUT2D eigenvalue weighted by Gasteiger charge is -2.16. The maximum Gasteiger partial charge on any atom is 0.142 e. The molecule has 3 rings (SSSR count). The molecule has 2 aromatic carbocycles. The zero-order valence-corrected chi connectivity index (χ0v) is 12.9. The van der Waals surface area contributed by atoms with E-state index in [9.17, 15) is 0 Å². The van der Waals surface area contributed by atoms with Gasteiger partial charge in [0.1, 0.15) is 6.61 Å². The third kappa shape index (κ3) is 4.20. The van der Waals surface area contributed by atoms with Gasteiger partial charge in [-0.15, -0.1) is 0 Å². The summed E-state index contributed by atoms with van der Waals surface area (Å²) in [7, 11) is 0. The Morgan fingerprint density at radius 3 is 2.27 bits per heavy atom. The van der Waals surface area contributed by atoms with Crippen LogP contribution >= 0.6 is 0 Å². The van der Waals surface area contributed by atoms with Gasteiger partial charge in [-0.25, -0.2) is 0 Å². The fourth-order valence-corrected chi connectivity index (χ4v) is 2.95. The molecule has 0 aliphatic heterocycles. The third-order valence-electron chi connectivity index (χ3n) is 4.29. The van der Waals surface area contributed by atoms with Crippen LogP contribution in [0.15, 0.2) is 59.8 Å². The van der Waals surface area contributed by atoms with Gasteiger partial charge in [0, 0.05) is 6.21 Å². The minimum atomic E-state index is 0.540. The second-order valence-corrected chi connectivity index (χ2v) is 5.99. The highest BCUT2D eigenvalue weighted by atomic mass is 16.6. The van der Waals surface area contributed by atoms with Gasteiger partial charge in [0.2, 0.25) is 0 Å². The van der Waals surface area contributed by atoms with Crippen molar-refractivity contribution in [3.63, 3.8) is 0 Å². The largest absolute Gasteiger partial charge is 0.391 e. The number of hydrogen-bond acceptors (Lipinski definition) is 2. The van der Waals surface area contributed by atoms with E-state index < -0.39 is 0 Å². The number of hydrogen-bond donors (Lipinski definition) is 0. The molecule has 0 heterocycles. The van der Waals surface area contributed by atoms with E-state index in [1.54, 1.807) is 0 Å². The van der Waals surface area contributed by atoms with Gasteiger partial charge >= 0.3 is 0 Å². The molecule has 2 nitrogen and oxygen atoms in total. The van der Waals surface area contributed by atoms with Crippen LogP contribution in [-0.4, -0.2) is 6.21 Å². The van der Waals surface area contributed by atoms with E-state index in [-0.39, 0.29) is 0 Å². The summed E-state index contributed by atoms with van der Waals surface area (Å²) in [4.78, 5) is 5.44. The van der Waals surface area contributed by atoms with Crippen LogP contribution < -0.4 is 0 Å². The minimum Gasteiger partial charge on any atom is -0.391 e. The summed E-state index contributed by atoms with van der Waals surface area (Å²) in [6, 6.07) is 18.9. The van der Waals surface area contributed by atoms with Gasteiger partial charge in [-0.2, -0.15) is 0 Å². The van der Waals surface area contributed by atoms with E-state index in [0.717, 1.165) is 5.56 Å². The van der Waals surface area contributed by atoms with Crippen LogP contribution in [0, 0.1) is 5.92 Å². The molecule has 0 N–H and O–H groups in total. The quantitative estimate of drug-likeness (QED) is 0.531. The van der Waals surface area contributed by atoms with Crippen molar-refractivity contribution in [1.29, 1.82) is 0 Å². The van der Waals surface area contributed by atoms with Crippen LogP contribution in [0.25, 0.3) is 11.1 Å². The Morgan fingerprint density at radius 2 is 1.55 bits per heavy atom. The van der Waals surface area contributed by atoms with Crippen LogP contribution in [0.5, 0.6) is 0 Å². The molecule has 0 spiro atoms. The Morgan fingerprint density at radius 1 is 0.864 bits per heavy atom. The van der Waals surface area contributed by atoms with Crippen molar-refractivity contribution in [2.24, 2.45) is 11.1 Å². The molecule has 1 aliphatic carbocycles. The summed E-state index contributed by atoms with van der Waals surface area (Å²) in [5.74, 6) is 0.620. The predicted molar refractivity (Wildman–Crippen MR) is 91.7 cm³/mol. The molecule has 0 atom stereocenters. The fraction of sp³-hybridized carbons (Fsp3) is 0.350. The lowest BCUT2D eigenvalue weighted by Crippen LogP contribution is -2.07. The van der Waals surface area contributed by atoms with E-state index >= 15 is 0 Å². The van der Waals surface area contributed by atoms with Crippen LogP contribution in [-0.2, 0) is 11.4 Å². The monoisotopic (exact) mass is 293 g/mol. The number of benzene rings is 2. The van der Waals surface area contributed by atoms with Gasteiger partial charge in [-0.3, -0.25) is 0 Å². The summed E-state index contributed by atoms with van der Waals surface area (Å²) in [5.41, 5.74) is 3.63. The molecule has 0 unspecified atom stereocenters. The number of rotatable bonds is 5. The Labute approximate surface area is 132 Å². The molecular formula is C20H23NO. The molecule has 1 aliphatic rings. The van der Waals surface area contributed by atoms with Crippen molar-refractivity contribution in [3.05, 3.63) is 60.2 Å². The van der Waals surface area contributed by atoms with Crippen LogP contribution in [0.2, 0.25) is 0 Å². The highest BCUT2D eigenvalue weighted by Gasteiger charge is 2.10. The zero-order chi connectivity index (χ0) is 15.0. The molecule has 0 radical (unpaired) electrons. The van der Waals surface area contributed by atoms with Crippen LogP contribution in [0.1, 0.15) is 37.7 Å². The van der Waals surface area contributed by atoms with Gasteiger partial charge in [0.05, 0.1) is 0 Å². The Hall–Kier alpha value is -2.09. The second-order valence-electron chi connectivity index (χ2n) is 5.99. The first-order valence-electron chi connectivity index (χ1n) is 8.21. The van der Waals surface area contributed by atoms with Crippen LogP contribution in [0.3, 0.4) is 0 Å². The maximum absolute atomic E-state index is 5.44. The molecule has 0 bridgehead atoms. The van der Waals surface area contributed by atoms with Crippen molar-refractivity contribution >= 4 is 6.21 Å². The number of nitrogens with zero attached hydrogens (tertiary/aromatic N) is 1. The first-order valence-corrected chi connectivity index (χ1v) is 8.21. The lowest BCUT2D eigenvalue weighted by molar-refractivity contribution is 0.130. The van der Waals surface area contributed by atoms with Gasteiger partial charge in [0.15, 0.2) is 0 Å². The van der Waals surface area contributed by atoms with Gasteiger partial charge in [-0.1, -0.05) is 79.0 Å². The maximum atomic E-state index is 5.44. The Kier molecular flexibility index (Phi) is 5.25. The van der Waals surface area contributed by atoms with E-state index in [1.807, 2.05) is 12.3 Å². The smallest absolute Gasteiger partial charge is 0.142 e. The predicted octanol–water partition coefficient (Wildman–Crippen LogP) is 5.44. The molecule has 1 fully saturated rings. The lowest BCUT2D eigenvalue weighted by atomic mass is 9.90. The van der Waals surface area contributed by atoms with E-state index in [4.69, 9.17) is 4.84 Å². The highest BCUT2D eigenvalue weighted by Crippen LogP contribution is 2.22. The molecule has 0 aromatic heterocycles. The molecule has 0 saturated heterocycles. The summed E-state index contributed by atoms with van der Waals surface area (Å²) < 4.78 is 0. The molecular weight excluding hydrogens is 270 g/mol. The van der Waals surface area contributed by atoms with Crippen molar-refractivity contribution < 1.29 is 4.84 Å². The molecule has 22 heavy (non-hydrogen) atoms. The van der Waals surface area contributed by atoms with E-state index in [0.29, 0.717) is 12.5 Å². The SMILES string of the molecule is C(=NOCc1ccc(-c2ccccc2)cc1)C1CCCCC1. The fourth-order valence-electron chi connectivity index (χ4n) is 2.95. The third-order valence-corrected chi connectivity index (χ3v) is 4.29. The van der Waals surface area contributed by atoms with Gasteiger partial charge in [-0.05, 0) is 35.4 Å². The van der Waals surface area contributed by atoms with E-state index in [2.05, 4.69) is 53.7 Å². The van der Waals surface area contributed by atoms with Gasteiger partial charge < -0.3 is 4.84 Å². The first-order chi connectivity index (χ1) is 10.9. The Balaban J connectivity index is 1.50. The zero-order valence-electron chi connectivity index (χ0n) is 12.9. The average molecular weight is 293 g/mol. The summed E-state index contributed by atoms with van der Waals surface area (Å²) in [6.45, 7) is 0.540. The summed E-state index contributed by atoms with van der Waals surface area (Å²) >= 11 is 0. The van der Waals surface area contributed by atoms with Crippen LogP contribution in [0.4, 0.5) is 0 Å². The molecule has 0 amide bonds. The van der Waals surface area contributed by atoms with Gasteiger partial charge in [0.25, 0.3) is 0 Å². The Bertz CT molecular complexity index is 583. The molecule has 114 valence electrons. The normalized spacial score (nSPS) is 16.0. The summed E-state index contributed by atoms with van der Waals surface area (Å²) in [5, 5.41) is 4.15. The topological polar surface area (TPSA) is 21.6 Å². The second kappa shape index (κ2) is 7.79.